The summed E-state index contributed by atoms with van der Waals surface area (Å²) in [6, 6.07) is 21.3. The first kappa shape index (κ1) is 15.8. The van der Waals surface area contributed by atoms with Crippen LogP contribution in [0.25, 0.3) is 21.7 Å². The first-order valence-electron chi connectivity index (χ1n) is 7.98. The molecular formula is C21H15BrN2O. The van der Waals surface area contributed by atoms with Gasteiger partial charge in [0.1, 0.15) is 0 Å². The third-order valence-corrected chi connectivity index (χ3v) is 4.92. The van der Waals surface area contributed by atoms with Crippen molar-refractivity contribution < 1.29 is 4.79 Å². The molecule has 1 aromatic heterocycles. The van der Waals surface area contributed by atoms with Crippen molar-refractivity contribution >= 4 is 49.2 Å². The van der Waals surface area contributed by atoms with E-state index in [9.17, 15) is 4.79 Å². The topological polar surface area (TPSA) is 42.0 Å². The first-order chi connectivity index (χ1) is 12.1. The molecule has 0 bridgehead atoms. The molecule has 25 heavy (non-hydrogen) atoms. The van der Waals surface area contributed by atoms with Gasteiger partial charge in [0.05, 0.1) is 11.2 Å². The Labute approximate surface area is 153 Å². The van der Waals surface area contributed by atoms with Crippen LogP contribution in [0.4, 0.5) is 5.69 Å². The number of hydrogen-bond acceptors (Lipinski definition) is 2. The summed E-state index contributed by atoms with van der Waals surface area (Å²) in [6.07, 6.45) is 0. The number of aromatic nitrogens is 1. The molecule has 0 saturated carbocycles. The summed E-state index contributed by atoms with van der Waals surface area (Å²) in [7, 11) is 0. The Hall–Kier alpha value is -2.72. The number of pyridine rings is 1. The second kappa shape index (κ2) is 6.30. The minimum atomic E-state index is -0.128. The van der Waals surface area contributed by atoms with Gasteiger partial charge in [0, 0.05) is 21.1 Å². The van der Waals surface area contributed by atoms with Crippen molar-refractivity contribution in [3.05, 3.63) is 82.5 Å². The number of amides is 1. The Morgan fingerprint density at radius 2 is 1.64 bits per heavy atom. The summed E-state index contributed by atoms with van der Waals surface area (Å²) >= 11 is 3.55. The maximum absolute atomic E-state index is 12.9. The molecule has 0 aliphatic rings. The third kappa shape index (κ3) is 2.89. The number of halogens is 1. The summed E-state index contributed by atoms with van der Waals surface area (Å²) in [5.74, 6) is -0.128. The van der Waals surface area contributed by atoms with Gasteiger partial charge in [0.15, 0.2) is 0 Å². The molecule has 0 saturated heterocycles. The molecule has 4 heteroatoms. The van der Waals surface area contributed by atoms with Crippen LogP contribution in [0.3, 0.4) is 0 Å². The Bertz CT molecular complexity index is 1120. The predicted octanol–water partition coefficient (Wildman–Crippen LogP) is 5.71. The lowest BCUT2D eigenvalue weighted by molar-refractivity contribution is 0.102. The van der Waals surface area contributed by atoms with Crippen LogP contribution in [0.5, 0.6) is 0 Å². The van der Waals surface area contributed by atoms with Gasteiger partial charge in [-0.25, -0.2) is 0 Å². The van der Waals surface area contributed by atoms with Crippen molar-refractivity contribution in [1.82, 2.24) is 4.98 Å². The molecule has 0 aliphatic carbocycles. The Morgan fingerprint density at radius 1 is 0.880 bits per heavy atom. The Morgan fingerprint density at radius 3 is 2.52 bits per heavy atom. The van der Waals surface area contributed by atoms with E-state index in [1.807, 2.05) is 73.7 Å². The number of hydrogen-bond donors (Lipinski definition) is 1. The number of nitrogens with zero attached hydrogens (tertiary/aromatic N) is 1. The van der Waals surface area contributed by atoms with Gasteiger partial charge in [0.25, 0.3) is 5.91 Å². The average molecular weight is 391 g/mol. The summed E-state index contributed by atoms with van der Waals surface area (Å²) in [4.78, 5) is 17.4. The SMILES string of the molecule is Cc1ccc2c(NC(=O)c3cccc4c(Br)cccc34)cccc2n1. The lowest BCUT2D eigenvalue weighted by Crippen LogP contribution is -2.12. The summed E-state index contributed by atoms with van der Waals surface area (Å²) < 4.78 is 0.976. The predicted molar refractivity (Wildman–Crippen MR) is 106 cm³/mol. The number of nitrogens with one attached hydrogen (secondary N) is 1. The van der Waals surface area contributed by atoms with E-state index < -0.39 is 0 Å². The monoisotopic (exact) mass is 390 g/mol. The van der Waals surface area contributed by atoms with Crippen LogP contribution in [-0.2, 0) is 0 Å². The van der Waals surface area contributed by atoms with Crippen LogP contribution in [0.2, 0.25) is 0 Å². The van der Waals surface area contributed by atoms with E-state index in [2.05, 4.69) is 26.2 Å². The van der Waals surface area contributed by atoms with E-state index in [1.54, 1.807) is 0 Å². The zero-order chi connectivity index (χ0) is 17.4. The minimum Gasteiger partial charge on any atom is -0.321 e. The standard InChI is InChI=1S/C21H15BrN2O/c1-13-11-12-17-19(23-13)9-4-10-20(17)24-21(25)16-7-2-6-15-14(16)5-3-8-18(15)22/h2-12H,1H3,(H,24,25). The zero-order valence-corrected chi connectivity index (χ0v) is 15.2. The zero-order valence-electron chi connectivity index (χ0n) is 13.6. The highest BCUT2D eigenvalue weighted by Crippen LogP contribution is 2.28. The molecule has 0 fully saturated rings. The molecule has 1 N–H and O–H groups in total. The Kier molecular flexibility index (Phi) is 3.98. The molecule has 0 unspecified atom stereocenters. The quantitative estimate of drug-likeness (QED) is 0.476. The number of rotatable bonds is 2. The normalized spacial score (nSPS) is 11.0. The number of anilines is 1. The van der Waals surface area contributed by atoms with Gasteiger partial charge >= 0.3 is 0 Å². The second-order valence-corrected chi connectivity index (χ2v) is 6.77. The fourth-order valence-corrected chi connectivity index (χ4v) is 3.52. The molecule has 0 atom stereocenters. The number of carbonyl (C=O) groups is 1. The van der Waals surface area contributed by atoms with Crippen molar-refractivity contribution in [3.63, 3.8) is 0 Å². The fourth-order valence-electron chi connectivity index (χ4n) is 3.03. The lowest BCUT2D eigenvalue weighted by atomic mass is 10.0. The van der Waals surface area contributed by atoms with E-state index in [-0.39, 0.29) is 5.91 Å². The van der Waals surface area contributed by atoms with E-state index in [0.717, 1.165) is 37.5 Å². The highest BCUT2D eigenvalue weighted by atomic mass is 79.9. The molecule has 0 spiro atoms. The van der Waals surface area contributed by atoms with Crippen molar-refractivity contribution in [2.24, 2.45) is 0 Å². The molecule has 1 heterocycles. The molecule has 1 amide bonds. The summed E-state index contributed by atoms with van der Waals surface area (Å²) in [6.45, 7) is 1.96. The van der Waals surface area contributed by atoms with Gasteiger partial charge in [0.2, 0.25) is 0 Å². The van der Waals surface area contributed by atoms with Crippen LogP contribution >= 0.6 is 15.9 Å². The number of fused-ring (bicyclic) bond motifs is 2. The molecule has 122 valence electrons. The molecule has 3 aromatic carbocycles. The summed E-state index contributed by atoms with van der Waals surface area (Å²) in [5.41, 5.74) is 3.24. The second-order valence-electron chi connectivity index (χ2n) is 5.92. The van der Waals surface area contributed by atoms with Crippen LogP contribution in [0, 0.1) is 6.92 Å². The third-order valence-electron chi connectivity index (χ3n) is 4.23. The first-order valence-corrected chi connectivity index (χ1v) is 8.78. The Balaban J connectivity index is 1.78. The van der Waals surface area contributed by atoms with E-state index in [1.165, 1.54) is 0 Å². The highest BCUT2D eigenvalue weighted by molar-refractivity contribution is 9.10. The maximum atomic E-state index is 12.9. The maximum Gasteiger partial charge on any atom is 0.256 e. The van der Waals surface area contributed by atoms with Gasteiger partial charge in [-0.15, -0.1) is 0 Å². The molecule has 0 radical (unpaired) electrons. The molecular weight excluding hydrogens is 376 g/mol. The van der Waals surface area contributed by atoms with Crippen LogP contribution in [0.15, 0.2) is 71.2 Å². The molecule has 0 aliphatic heterocycles. The van der Waals surface area contributed by atoms with Gasteiger partial charge in [-0.2, -0.15) is 0 Å². The minimum absolute atomic E-state index is 0.128. The van der Waals surface area contributed by atoms with Gasteiger partial charge in [-0.1, -0.05) is 46.3 Å². The lowest BCUT2D eigenvalue weighted by Gasteiger charge is -2.11. The van der Waals surface area contributed by atoms with Crippen LogP contribution < -0.4 is 5.32 Å². The van der Waals surface area contributed by atoms with Crippen molar-refractivity contribution in [2.75, 3.05) is 5.32 Å². The molecule has 4 rings (SSSR count). The van der Waals surface area contributed by atoms with Crippen LogP contribution in [-0.4, -0.2) is 10.9 Å². The van der Waals surface area contributed by atoms with E-state index in [0.29, 0.717) is 5.56 Å². The van der Waals surface area contributed by atoms with Crippen LogP contribution in [0.1, 0.15) is 16.1 Å². The number of carbonyl (C=O) groups excluding carboxylic acids is 1. The number of benzene rings is 3. The van der Waals surface area contributed by atoms with Gasteiger partial charge in [-0.3, -0.25) is 9.78 Å². The smallest absolute Gasteiger partial charge is 0.256 e. The summed E-state index contributed by atoms with van der Waals surface area (Å²) in [5, 5.41) is 5.91. The largest absolute Gasteiger partial charge is 0.321 e. The van der Waals surface area contributed by atoms with E-state index >= 15 is 0 Å². The highest BCUT2D eigenvalue weighted by Gasteiger charge is 2.12. The van der Waals surface area contributed by atoms with Crippen molar-refractivity contribution in [2.45, 2.75) is 6.92 Å². The van der Waals surface area contributed by atoms with E-state index in [4.69, 9.17) is 0 Å². The molecule has 4 aromatic rings. The average Bonchev–Trinajstić information content (AvgIpc) is 2.61. The van der Waals surface area contributed by atoms with Crippen molar-refractivity contribution in [3.8, 4) is 0 Å². The van der Waals surface area contributed by atoms with Gasteiger partial charge in [-0.05, 0) is 54.1 Å². The fraction of sp³-hybridized carbons (Fsp3) is 0.0476. The molecule has 3 nitrogen and oxygen atoms in total. The van der Waals surface area contributed by atoms with Crippen molar-refractivity contribution in [1.29, 1.82) is 0 Å². The van der Waals surface area contributed by atoms with Gasteiger partial charge < -0.3 is 5.32 Å². The number of aryl methyl sites for hydroxylation is 1.